The van der Waals surface area contributed by atoms with Gasteiger partial charge in [0.1, 0.15) is 0 Å². The minimum Gasteiger partial charge on any atom is -0.335 e. The Labute approximate surface area is 80.5 Å². The first-order valence-electron chi connectivity index (χ1n) is 5.22. The van der Waals surface area contributed by atoms with Crippen molar-refractivity contribution in [2.45, 2.75) is 51.6 Å². The second kappa shape index (κ2) is 4.49. The molecule has 0 aromatic carbocycles. The van der Waals surface area contributed by atoms with Gasteiger partial charge in [-0.1, -0.05) is 13.8 Å². The van der Waals surface area contributed by atoms with Gasteiger partial charge in [0.05, 0.1) is 0 Å². The highest BCUT2D eigenvalue weighted by Gasteiger charge is 2.26. The molecule has 0 aromatic heterocycles. The number of carbonyl (C=O) groups excluding carboxylic acids is 1. The minimum absolute atomic E-state index is 0.0937. The highest BCUT2D eigenvalue weighted by atomic mass is 16.2. The van der Waals surface area contributed by atoms with Crippen LogP contribution < -0.4 is 5.32 Å². The molecule has 3 heteroatoms. The molecular weight excluding hydrogens is 164 g/mol. The van der Waals surface area contributed by atoms with Gasteiger partial charge in [0.15, 0.2) is 0 Å². The Morgan fingerprint density at radius 3 is 2.38 bits per heavy atom. The zero-order valence-electron chi connectivity index (χ0n) is 8.84. The fourth-order valence-corrected chi connectivity index (χ4v) is 1.51. The molecule has 1 rings (SSSR count). The quantitative estimate of drug-likeness (QED) is 0.712. The first-order valence-corrected chi connectivity index (χ1v) is 5.22. The molecular formula is C10H20N2O. The molecule has 0 unspecified atom stereocenters. The summed E-state index contributed by atoms with van der Waals surface area (Å²) in [5.41, 5.74) is 0. The van der Waals surface area contributed by atoms with Crippen LogP contribution in [0, 0.1) is 0 Å². The maximum atomic E-state index is 11.6. The third kappa shape index (κ3) is 2.90. The van der Waals surface area contributed by atoms with Crippen LogP contribution in [0.25, 0.3) is 0 Å². The van der Waals surface area contributed by atoms with E-state index in [-0.39, 0.29) is 6.03 Å². The summed E-state index contributed by atoms with van der Waals surface area (Å²) in [5, 5.41) is 2.99. The summed E-state index contributed by atoms with van der Waals surface area (Å²) in [6.45, 7) is 4.24. The van der Waals surface area contributed by atoms with E-state index in [1.807, 2.05) is 11.9 Å². The molecule has 0 heterocycles. The Hall–Kier alpha value is -0.730. The van der Waals surface area contributed by atoms with Gasteiger partial charge in [0, 0.05) is 19.1 Å². The van der Waals surface area contributed by atoms with Crippen molar-refractivity contribution >= 4 is 6.03 Å². The van der Waals surface area contributed by atoms with E-state index in [2.05, 4.69) is 19.2 Å². The average Bonchev–Trinajstić information content (AvgIpc) is 2.90. The van der Waals surface area contributed by atoms with Crippen LogP contribution in [0.15, 0.2) is 0 Å². The lowest BCUT2D eigenvalue weighted by Crippen LogP contribution is -2.43. The molecule has 2 amide bonds. The molecule has 1 N–H and O–H groups in total. The second-order valence-electron chi connectivity index (χ2n) is 3.80. The molecule has 1 aliphatic carbocycles. The van der Waals surface area contributed by atoms with Crippen LogP contribution in [0.3, 0.4) is 0 Å². The minimum atomic E-state index is 0.0937. The first kappa shape index (κ1) is 10.4. The van der Waals surface area contributed by atoms with E-state index in [0.29, 0.717) is 12.1 Å². The molecule has 1 saturated carbocycles. The van der Waals surface area contributed by atoms with Gasteiger partial charge >= 0.3 is 6.03 Å². The van der Waals surface area contributed by atoms with Gasteiger partial charge in [-0.05, 0) is 25.7 Å². The van der Waals surface area contributed by atoms with E-state index in [1.165, 1.54) is 0 Å². The van der Waals surface area contributed by atoms with Crippen molar-refractivity contribution in [3.63, 3.8) is 0 Å². The molecule has 1 fully saturated rings. The number of amides is 2. The van der Waals surface area contributed by atoms with Crippen molar-refractivity contribution in [3.05, 3.63) is 0 Å². The monoisotopic (exact) mass is 184 g/mol. The van der Waals surface area contributed by atoms with Crippen LogP contribution >= 0.6 is 0 Å². The Morgan fingerprint density at radius 1 is 1.46 bits per heavy atom. The highest BCUT2D eigenvalue weighted by molar-refractivity contribution is 5.74. The molecule has 0 atom stereocenters. The van der Waals surface area contributed by atoms with Crippen molar-refractivity contribution in [2.24, 2.45) is 0 Å². The maximum absolute atomic E-state index is 11.6. The van der Waals surface area contributed by atoms with Gasteiger partial charge in [0.2, 0.25) is 0 Å². The number of hydrogen-bond donors (Lipinski definition) is 1. The maximum Gasteiger partial charge on any atom is 0.317 e. The van der Waals surface area contributed by atoms with Crippen LogP contribution in [0.5, 0.6) is 0 Å². The summed E-state index contributed by atoms with van der Waals surface area (Å²) in [4.78, 5) is 13.4. The summed E-state index contributed by atoms with van der Waals surface area (Å²) in [6.07, 6.45) is 4.38. The lowest BCUT2D eigenvalue weighted by Gasteiger charge is -2.26. The van der Waals surface area contributed by atoms with E-state index < -0.39 is 0 Å². The van der Waals surface area contributed by atoms with Gasteiger partial charge in [-0.2, -0.15) is 0 Å². The topological polar surface area (TPSA) is 32.3 Å². The summed E-state index contributed by atoms with van der Waals surface area (Å²) in [5.74, 6) is 0. The summed E-state index contributed by atoms with van der Waals surface area (Å²) in [7, 11) is 1.88. The smallest absolute Gasteiger partial charge is 0.317 e. The Bertz CT molecular complexity index is 174. The van der Waals surface area contributed by atoms with Crippen LogP contribution in [-0.4, -0.2) is 30.1 Å². The summed E-state index contributed by atoms with van der Waals surface area (Å²) >= 11 is 0. The molecule has 0 aromatic rings. The number of nitrogens with one attached hydrogen (secondary N) is 1. The molecule has 0 radical (unpaired) electrons. The van der Waals surface area contributed by atoms with Gasteiger partial charge in [0.25, 0.3) is 0 Å². The normalized spacial score (nSPS) is 16.0. The van der Waals surface area contributed by atoms with Crippen LogP contribution in [-0.2, 0) is 0 Å². The van der Waals surface area contributed by atoms with E-state index in [9.17, 15) is 4.79 Å². The standard InChI is InChI=1S/C10H20N2O/c1-4-9(5-2)12(3)10(13)11-8-6-7-8/h8-9H,4-7H2,1-3H3,(H,11,13). The third-order valence-electron chi connectivity index (χ3n) is 2.72. The first-order chi connectivity index (χ1) is 6.19. The molecule has 1 aliphatic rings. The van der Waals surface area contributed by atoms with Gasteiger partial charge in [-0.25, -0.2) is 4.79 Å². The van der Waals surface area contributed by atoms with E-state index >= 15 is 0 Å². The predicted molar refractivity (Wildman–Crippen MR) is 53.7 cm³/mol. The fraction of sp³-hybridized carbons (Fsp3) is 0.900. The average molecular weight is 184 g/mol. The molecule has 3 nitrogen and oxygen atoms in total. The second-order valence-corrected chi connectivity index (χ2v) is 3.80. The van der Waals surface area contributed by atoms with E-state index in [0.717, 1.165) is 25.7 Å². The van der Waals surface area contributed by atoms with E-state index in [4.69, 9.17) is 0 Å². The lowest BCUT2D eigenvalue weighted by atomic mass is 10.1. The Morgan fingerprint density at radius 2 is 2.00 bits per heavy atom. The van der Waals surface area contributed by atoms with Crippen molar-refractivity contribution in [2.75, 3.05) is 7.05 Å². The fourth-order valence-electron chi connectivity index (χ4n) is 1.51. The van der Waals surface area contributed by atoms with Gasteiger partial charge in [-0.15, -0.1) is 0 Å². The number of rotatable bonds is 4. The number of nitrogens with zero attached hydrogens (tertiary/aromatic N) is 1. The molecule has 76 valence electrons. The molecule has 0 bridgehead atoms. The number of carbonyl (C=O) groups is 1. The van der Waals surface area contributed by atoms with Crippen LogP contribution in [0.4, 0.5) is 4.79 Å². The Kier molecular flexibility index (Phi) is 3.58. The van der Waals surface area contributed by atoms with Crippen molar-refractivity contribution in [1.29, 1.82) is 0 Å². The lowest BCUT2D eigenvalue weighted by molar-refractivity contribution is 0.186. The molecule has 13 heavy (non-hydrogen) atoms. The third-order valence-corrected chi connectivity index (χ3v) is 2.72. The zero-order chi connectivity index (χ0) is 9.84. The number of urea groups is 1. The molecule has 0 spiro atoms. The number of hydrogen-bond acceptors (Lipinski definition) is 1. The summed E-state index contributed by atoms with van der Waals surface area (Å²) < 4.78 is 0. The van der Waals surface area contributed by atoms with Crippen molar-refractivity contribution in [1.82, 2.24) is 10.2 Å². The largest absolute Gasteiger partial charge is 0.335 e. The van der Waals surface area contributed by atoms with Gasteiger partial charge < -0.3 is 10.2 Å². The van der Waals surface area contributed by atoms with Crippen molar-refractivity contribution in [3.8, 4) is 0 Å². The van der Waals surface area contributed by atoms with Crippen molar-refractivity contribution < 1.29 is 4.79 Å². The zero-order valence-corrected chi connectivity index (χ0v) is 8.84. The SMILES string of the molecule is CCC(CC)N(C)C(=O)NC1CC1. The Balaban J connectivity index is 2.33. The van der Waals surface area contributed by atoms with Crippen LogP contribution in [0.2, 0.25) is 0 Å². The molecule has 0 aliphatic heterocycles. The summed E-state index contributed by atoms with van der Waals surface area (Å²) in [6, 6.07) is 0.944. The predicted octanol–water partition coefficient (Wildman–Crippen LogP) is 1.98. The van der Waals surface area contributed by atoms with E-state index in [1.54, 1.807) is 0 Å². The molecule has 0 saturated heterocycles. The van der Waals surface area contributed by atoms with Gasteiger partial charge in [-0.3, -0.25) is 0 Å². The highest BCUT2D eigenvalue weighted by Crippen LogP contribution is 2.19. The van der Waals surface area contributed by atoms with Crippen LogP contribution in [0.1, 0.15) is 39.5 Å².